The molecule has 1 aliphatic carbocycles. The number of sulfone groups is 1. The van der Waals surface area contributed by atoms with E-state index >= 15 is 0 Å². The molecule has 1 amide bonds. The zero-order valence-electron chi connectivity index (χ0n) is 9.89. The Labute approximate surface area is 115 Å². The zero-order valence-corrected chi connectivity index (χ0v) is 12.3. The largest absolute Gasteiger partial charge is 0.352 e. The lowest BCUT2D eigenvalue weighted by molar-refractivity contribution is -0.120. The van der Waals surface area contributed by atoms with E-state index in [4.69, 9.17) is 0 Å². The van der Waals surface area contributed by atoms with Gasteiger partial charge in [-0.25, -0.2) is 8.42 Å². The van der Waals surface area contributed by atoms with Gasteiger partial charge in [0.2, 0.25) is 5.91 Å². The first-order valence-electron chi connectivity index (χ1n) is 5.71. The van der Waals surface area contributed by atoms with Gasteiger partial charge in [0, 0.05) is 10.5 Å². The molecule has 1 aromatic rings. The number of hydrogen-bond donors (Lipinski definition) is 1. The highest BCUT2D eigenvalue weighted by molar-refractivity contribution is 9.10. The van der Waals surface area contributed by atoms with E-state index in [-0.39, 0.29) is 10.9 Å². The Morgan fingerprint density at radius 1 is 1.33 bits per heavy atom. The zero-order chi connectivity index (χ0) is 13.3. The molecule has 2 rings (SSSR count). The average molecular weight is 332 g/mol. The van der Waals surface area contributed by atoms with Crippen LogP contribution in [0.15, 0.2) is 33.6 Å². The third-order valence-electron chi connectivity index (χ3n) is 2.90. The number of halogens is 1. The summed E-state index contributed by atoms with van der Waals surface area (Å²) >= 11 is 3.25. The van der Waals surface area contributed by atoms with Crippen molar-refractivity contribution >= 4 is 31.7 Å². The maximum absolute atomic E-state index is 12.2. The van der Waals surface area contributed by atoms with Gasteiger partial charge in [-0.05, 0) is 44.0 Å². The van der Waals surface area contributed by atoms with Gasteiger partial charge in [-0.2, -0.15) is 0 Å². The van der Waals surface area contributed by atoms with Gasteiger partial charge < -0.3 is 5.32 Å². The Balaban J connectivity index is 2.18. The average Bonchev–Trinajstić information content (AvgIpc) is 3.12. The Morgan fingerprint density at radius 2 is 1.89 bits per heavy atom. The fraction of sp³-hybridized carbons (Fsp3) is 0.417. The minimum atomic E-state index is -3.61. The Bertz CT molecular complexity index is 549. The van der Waals surface area contributed by atoms with Crippen LogP contribution in [-0.4, -0.2) is 25.6 Å². The van der Waals surface area contributed by atoms with Crippen LogP contribution in [0.5, 0.6) is 0 Å². The summed E-state index contributed by atoms with van der Waals surface area (Å²) in [5, 5.41) is 1.66. The fourth-order valence-electron chi connectivity index (χ4n) is 1.52. The molecule has 1 aromatic carbocycles. The quantitative estimate of drug-likeness (QED) is 0.916. The molecule has 0 bridgehead atoms. The molecular formula is C12H14BrNO3S. The summed E-state index contributed by atoms with van der Waals surface area (Å²) in [5.74, 6) is -0.416. The third-order valence-corrected chi connectivity index (χ3v) is 5.50. The van der Waals surface area contributed by atoms with Crippen LogP contribution in [0.2, 0.25) is 0 Å². The van der Waals surface area contributed by atoms with Crippen molar-refractivity contribution in [3.05, 3.63) is 28.7 Å². The predicted molar refractivity (Wildman–Crippen MR) is 72.0 cm³/mol. The lowest BCUT2D eigenvalue weighted by Gasteiger charge is -2.13. The van der Waals surface area contributed by atoms with E-state index in [0.29, 0.717) is 0 Å². The number of rotatable bonds is 4. The van der Waals surface area contributed by atoms with E-state index in [0.717, 1.165) is 17.3 Å². The van der Waals surface area contributed by atoms with E-state index in [1.165, 1.54) is 19.1 Å². The van der Waals surface area contributed by atoms with E-state index in [9.17, 15) is 13.2 Å². The number of carbonyl (C=O) groups is 1. The number of hydrogen-bond acceptors (Lipinski definition) is 3. The monoisotopic (exact) mass is 331 g/mol. The summed E-state index contributed by atoms with van der Waals surface area (Å²) in [6.45, 7) is 1.43. The van der Waals surface area contributed by atoms with Crippen LogP contribution in [0, 0.1) is 0 Å². The molecule has 1 N–H and O–H groups in total. The summed E-state index contributed by atoms with van der Waals surface area (Å²) in [6, 6.07) is 6.47. The second-order valence-corrected chi connectivity index (χ2v) is 7.61. The smallest absolute Gasteiger partial charge is 0.238 e. The highest BCUT2D eigenvalue weighted by Crippen LogP contribution is 2.22. The van der Waals surface area contributed by atoms with Gasteiger partial charge >= 0.3 is 0 Å². The molecule has 1 fully saturated rings. The molecule has 6 heteroatoms. The van der Waals surface area contributed by atoms with Crippen LogP contribution in [-0.2, 0) is 14.6 Å². The normalized spacial score (nSPS) is 17.2. The molecule has 1 unspecified atom stereocenters. The van der Waals surface area contributed by atoms with Gasteiger partial charge in [-0.1, -0.05) is 15.9 Å². The minimum absolute atomic E-state index is 0.167. The Hall–Kier alpha value is -0.880. The predicted octanol–water partition coefficient (Wildman–Crippen LogP) is 1.89. The first-order valence-corrected chi connectivity index (χ1v) is 8.05. The summed E-state index contributed by atoms with van der Waals surface area (Å²) in [7, 11) is -3.61. The van der Waals surface area contributed by atoms with Crippen molar-refractivity contribution in [2.24, 2.45) is 0 Å². The van der Waals surface area contributed by atoms with Gasteiger partial charge in [-0.15, -0.1) is 0 Å². The van der Waals surface area contributed by atoms with Gasteiger partial charge in [0.1, 0.15) is 5.25 Å². The van der Waals surface area contributed by atoms with Crippen LogP contribution in [0.3, 0.4) is 0 Å². The van der Waals surface area contributed by atoms with Gasteiger partial charge in [-0.3, -0.25) is 4.79 Å². The SMILES string of the molecule is CC(C(=O)NC1CC1)S(=O)(=O)c1ccc(Br)cc1. The summed E-state index contributed by atoms with van der Waals surface area (Å²) in [5.41, 5.74) is 0. The Kier molecular flexibility index (Phi) is 3.77. The topological polar surface area (TPSA) is 63.2 Å². The van der Waals surface area contributed by atoms with Crippen LogP contribution in [0.25, 0.3) is 0 Å². The van der Waals surface area contributed by atoms with Crippen molar-refractivity contribution < 1.29 is 13.2 Å². The van der Waals surface area contributed by atoms with Crippen molar-refractivity contribution in [3.63, 3.8) is 0 Å². The molecule has 4 nitrogen and oxygen atoms in total. The molecule has 0 radical (unpaired) electrons. The molecule has 0 aromatic heterocycles. The van der Waals surface area contributed by atoms with E-state index in [1.807, 2.05) is 0 Å². The molecule has 1 atom stereocenters. The van der Waals surface area contributed by atoms with Crippen LogP contribution in [0.4, 0.5) is 0 Å². The van der Waals surface area contributed by atoms with Crippen LogP contribution < -0.4 is 5.32 Å². The maximum atomic E-state index is 12.2. The summed E-state index contributed by atoms with van der Waals surface area (Å²) in [4.78, 5) is 12.0. The lowest BCUT2D eigenvalue weighted by Crippen LogP contribution is -2.38. The van der Waals surface area contributed by atoms with E-state index < -0.39 is 21.0 Å². The molecule has 1 saturated carbocycles. The number of benzene rings is 1. The fourth-order valence-corrected chi connectivity index (χ4v) is 3.05. The summed E-state index contributed by atoms with van der Waals surface area (Å²) in [6.07, 6.45) is 1.88. The molecular weight excluding hydrogens is 318 g/mol. The Morgan fingerprint density at radius 3 is 2.39 bits per heavy atom. The molecule has 0 aliphatic heterocycles. The molecule has 0 heterocycles. The van der Waals surface area contributed by atoms with Crippen molar-refractivity contribution in [2.45, 2.75) is 36.0 Å². The number of carbonyl (C=O) groups excluding carboxylic acids is 1. The molecule has 0 saturated heterocycles. The maximum Gasteiger partial charge on any atom is 0.238 e. The highest BCUT2D eigenvalue weighted by Gasteiger charge is 2.33. The van der Waals surface area contributed by atoms with Crippen molar-refractivity contribution in [1.82, 2.24) is 5.32 Å². The van der Waals surface area contributed by atoms with E-state index in [1.54, 1.807) is 12.1 Å². The van der Waals surface area contributed by atoms with Gasteiger partial charge in [0.15, 0.2) is 9.84 Å². The second kappa shape index (κ2) is 5.01. The number of amides is 1. The molecule has 18 heavy (non-hydrogen) atoms. The van der Waals surface area contributed by atoms with Crippen molar-refractivity contribution in [2.75, 3.05) is 0 Å². The van der Waals surface area contributed by atoms with Crippen LogP contribution in [0.1, 0.15) is 19.8 Å². The lowest BCUT2D eigenvalue weighted by atomic mass is 10.4. The number of nitrogens with one attached hydrogen (secondary N) is 1. The van der Waals surface area contributed by atoms with Crippen LogP contribution >= 0.6 is 15.9 Å². The molecule has 1 aliphatic rings. The van der Waals surface area contributed by atoms with Gasteiger partial charge in [0.25, 0.3) is 0 Å². The van der Waals surface area contributed by atoms with Gasteiger partial charge in [0.05, 0.1) is 4.90 Å². The standard InChI is InChI=1S/C12H14BrNO3S/c1-8(12(15)14-10-4-5-10)18(16,17)11-6-2-9(13)3-7-11/h2-3,6-8,10H,4-5H2,1H3,(H,14,15). The molecule has 0 spiro atoms. The first-order chi connectivity index (χ1) is 8.41. The summed E-state index contributed by atoms with van der Waals surface area (Å²) < 4.78 is 25.2. The first kappa shape index (κ1) is 13.5. The molecule has 98 valence electrons. The highest BCUT2D eigenvalue weighted by atomic mass is 79.9. The third kappa shape index (κ3) is 2.92. The van der Waals surface area contributed by atoms with E-state index in [2.05, 4.69) is 21.2 Å². The van der Waals surface area contributed by atoms with Crippen molar-refractivity contribution in [1.29, 1.82) is 0 Å². The van der Waals surface area contributed by atoms with Crippen molar-refractivity contribution in [3.8, 4) is 0 Å². The minimum Gasteiger partial charge on any atom is -0.352 e. The second-order valence-electron chi connectivity index (χ2n) is 4.42.